The van der Waals surface area contributed by atoms with Gasteiger partial charge in [-0.05, 0) is 18.8 Å². The van der Waals surface area contributed by atoms with Crippen LogP contribution >= 0.6 is 0 Å². The minimum atomic E-state index is 0.522. The Morgan fingerprint density at radius 3 is 2.31 bits per heavy atom. The Kier molecular flexibility index (Phi) is 4.00. The summed E-state index contributed by atoms with van der Waals surface area (Å²) in [6, 6.07) is 0. The number of hydrogen-bond donors (Lipinski definition) is 0. The normalized spacial score (nSPS) is 20.0. The average molecular weight is 181 g/mol. The van der Waals surface area contributed by atoms with Crippen LogP contribution in [0.2, 0.25) is 0 Å². The van der Waals surface area contributed by atoms with Crippen LogP contribution in [0.4, 0.5) is 0 Å². The second kappa shape index (κ2) is 5.05. The largest absolute Gasteiger partial charge is 0.383 e. The Labute approximate surface area is 80.6 Å². The van der Waals surface area contributed by atoms with Gasteiger partial charge in [0.2, 0.25) is 0 Å². The molecule has 0 heterocycles. The van der Waals surface area contributed by atoms with E-state index in [0.717, 1.165) is 11.9 Å². The van der Waals surface area contributed by atoms with Gasteiger partial charge in [0.25, 0.3) is 0 Å². The zero-order valence-corrected chi connectivity index (χ0v) is 8.62. The maximum Gasteiger partial charge on any atom is 0.147 e. The third-order valence-electron chi connectivity index (χ3n) is 2.62. The van der Waals surface area contributed by atoms with Gasteiger partial charge in [-0.25, -0.2) is 0 Å². The zero-order valence-electron chi connectivity index (χ0n) is 8.62. The smallest absolute Gasteiger partial charge is 0.147 e. The third kappa shape index (κ3) is 3.21. The molecule has 0 unspecified atom stereocenters. The Bertz CT molecular complexity index is 190. The number of allylic oxidation sites excluding steroid dienone is 1. The van der Waals surface area contributed by atoms with Crippen molar-refractivity contribution in [3.05, 3.63) is 11.8 Å². The lowest BCUT2D eigenvalue weighted by Gasteiger charge is -2.22. The molecule has 1 fully saturated rings. The fourth-order valence-corrected chi connectivity index (χ4v) is 1.97. The summed E-state index contributed by atoms with van der Waals surface area (Å²) in [6.45, 7) is 0. The molecule has 0 atom stereocenters. The van der Waals surface area contributed by atoms with E-state index in [1.54, 1.807) is 0 Å². The van der Waals surface area contributed by atoms with Gasteiger partial charge in [0, 0.05) is 25.9 Å². The van der Waals surface area contributed by atoms with Crippen molar-refractivity contribution in [3.8, 4) is 0 Å². The number of aldehydes is 1. The van der Waals surface area contributed by atoms with Crippen molar-refractivity contribution in [2.24, 2.45) is 5.92 Å². The number of rotatable bonds is 3. The third-order valence-corrected chi connectivity index (χ3v) is 2.62. The molecule has 2 nitrogen and oxygen atoms in total. The molecule has 1 saturated carbocycles. The quantitative estimate of drug-likeness (QED) is 0.491. The molecule has 0 N–H and O–H groups in total. The molecule has 0 aliphatic heterocycles. The van der Waals surface area contributed by atoms with E-state index in [0.29, 0.717) is 5.92 Å². The lowest BCUT2D eigenvalue weighted by molar-refractivity contribution is -0.105. The molecule has 2 heteroatoms. The lowest BCUT2D eigenvalue weighted by atomic mass is 9.84. The highest BCUT2D eigenvalue weighted by molar-refractivity contribution is 5.73. The van der Waals surface area contributed by atoms with E-state index >= 15 is 0 Å². The molecule has 0 spiro atoms. The van der Waals surface area contributed by atoms with Crippen molar-refractivity contribution < 1.29 is 4.79 Å². The van der Waals surface area contributed by atoms with Gasteiger partial charge in [0.15, 0.2) is 0 Å². The first kappa shape index (κ1) is 10.3. The van der Waals surface area contributed by atoms with Crippen molar-refractivity contribution >= 4 is 6.29 Å². The summed E-state index contributed by atoms with van der Waals surface area (Å²) < 4.78 is 0. The minimum Gasteiger partial charge on any atom is -0.383 e. The van der Waals surface area contributed by atoms with Crippen LogP contribution in [0.25, 0.3) is 0 Å². The maximum atomic E-state index is 10.8. The summed E-state index contributed by atoms with van der Waals surface area (Å²) in [7, 11) is 3.93. The van der Waals surface area contributed by atoms with Crippen LogP contribution in [-0.2, 0) is 4.79 Å². The monoisotopic (exact) mass is 181 g/mol. The van der Waals surface area contributed by atoms with E-state index < -0.39 is 0 Å². The van der Waals surface area contributed by atoms with Crippen molar-refractivity contribution in [1.29, 1.82) is 0 Å². The van der Waals surface area contributed by atoms with E-state index in [2.05, 4.69) is 0 Å². The molecule has 13 heavy (non-hydrogen) atoms. The topological polar surface area (TPSA) is 20.3 Å². The van der Waals surface area contributed by atoms with Gasteiger partial charge in [0.05, 0.1) is 0 Å². The molecule has 1 aliphatic carbocycles. The number of carbonyl (C=O) groups is 1. The van der Waals surface area contributed by atoms with Gasteiger partial charge in [-0.15, -0.1) is 0 Å². The Balaban J connectivity index is 2.58. The van der Waals surface area contributed by atoms with Crippen molar-refractivity contribution in [3.63, 3.8) is 0 Å². The average Bonchev–Trinajstić information content (AvgIpc) is 2.15. The Hall–Kier alpha value is -0.790. The predicted molar refractivity (Wildman–Crippen MR) is 54.4 cm³/mol. The van der Waals surface area contributed by atoms with Crippen molar-refractivity contribution in [2.45, 2.75) is 32.1 Å². The van der Waals surface area contributed by atoms with Crippen LogP contribution in [0.15, 0.2) is 11.8 Å². The van der Waals surface area contributed by atoms with Crippen molar-refractivity contribution in [1.82, 2.24) is 4.90 Å². The zero-order chi connectivity index (χ0) is 9.68. The van der Waals surface area contributed by atoms with Gasteiger partial charge < -0.3 is 4.90 Å². The molecule has 0 bridgehead atoms. The standard InChI is InChI=1S/C11H19NO/c1-12(2)8-11(9-13)10-6-4-3-5-7-10/h8-10H,3-7H2,1-2H3. The summed E-state index contributed by atoms with van der Waals surface area (Å²) in [4.78, 5) is 12.8. The minimum absolute atomic E-state index is 0.522. The van der Waals surface area contributed by atoms with Crippen LogP contribution in [0.5, 0.6) is 0 Å². The summed E-state index contributed by atoms with van der Waals surface area (Å²) in [5.74, 6) is 0.522. The molecule has 0 aromatic rings. The van der Waals surface area contributed by atoms with Gasteiger partial charge >= 0.3 is 0 Å². The molecule has 0 amide bonds. The van der Waals surface area contributed by atoms with Gasteiger partial charge in [0.1, 0.15) is 6.29 Å². The fourth-order valence-electron chi connectivity index (χ4n) is 1.97. The maximum absolute atomic E-state index is 10.8. The van der Waals surface area contributed by atoms with Crippen molar-refractivity contribution in [2.75, 3.05) is 14.1 Å². The van der Waals surface area contributed by atoms with Gasteiger partial charge in [-0.3, -0.25) is 4.79 Å². The Morgan fingerprint density at radius 1 is 1.23 bits per heavy atom. The lowest BCUT2D eigenvalue weighted by Crippen LogP contribution is -2.13. The highest BCUT2D eigenvalue weighted by Gasteiger charge is 2.17. The van der Waals surface area contributed by atoms with E-state index in [9.17, 15) is 4.79 Å². The first-order valence-corrected chi connectivity index (χ1v) is 5.07. The fraction of sp³-hybridized carbons (Fsp3) is 0.727. The van der Waals surface area contributed by atoms with E-state index in [4.69, 9.17) is 0 Å². The summed E-state index contributed by atoms with van der Waals surface area (Å²) in [5, 5.41) is 0. The first-order chi connectivity index (χ1) is 6.24. The number of hydrogen-bond acceptors (Lipinski definition) is 2. The SMILES string of the molecule is CN(C)C=C(C=O)C1CCCCC1. The number of carbonyl (C=O) groups excluding carboxylic acids is 1. The molecule has 1 rings (SSSR count). The molecular formula is C11H19NO. The summed E-state index contributed by atoms with van der Waals surface area (Å²) >= 11 is 0. The number of nitrogens with zero attached hydrogens (tertiary/aromatic N) is 1. The predicted octanol–water partition coefficient (Wildman–Crippen LogP) is 2.21. The second-order valence-corrected chi connectivity index (χ2v) is 4.05. The van der Waals surface area contributed by atoms with E-state index in [1.165, 1.54) is 32.1 Å². The molecule has 74 valence electrons. The van der Waals surface area contributed by atoms with E-state index in [-0.39, 0.29) is 0 Å². The Morgan fingerprint density at radius 2 is 1.85 bits per heavy atom. The molecule has 0 radical (unpaired) electrons. The summed E-state index contributed by atoms with van der Waals surface area (Å²) in [5.41, 5.74) is 0.977. The highest BCUT2D eigenvalue weighted by Crippen LogP contribution is 2.28. The van der Waals surface area contributed by atoms with Crippen LogP contribution in [0.1, 0.15) is 32.1 Å². The second-order valence-electron chi connectivity index (χ2n) is 4.05. The summed E-state index contributed by atoms with van der Waals surface area (Å²) in [6.07, 6.45) is 9.27. The molecule has 0 aromatic heterocycles. The first-order valence-electron chi connectivity index (χ1n) is 5.07. The highest BCUT2D eigenvalue weighted by atomic mass is 16.1. The molecular weight excluding hydrogens is 162 g/mol. The van der Waals surface area contributed by atoms with Crippen LogP contribution in [-0.4, -0.2) is 25.3 Å². The van der Waals surface area contributed by atoms with Crippen LogP contribution in [0.3, 0.4) is 0 Å². The molecule has 0 saturated heterocycles. The molecule has 1 aliphatic rings. The van der Waals surface area contributed by atoms with Gasteiger partial charge in [-0.1, -0.05) is 19.3 Å². The van der Waals surface area contributed by atoms with E-state index in [1.807, 2.05) is 25.2 Å². The van der Waals surface area contributed by atoms with Gasteiger partial charge in [-0.2, -0.15) is 0 Å². The van der Waals surface area contributed by atoms with Crippen LogP contribution < -0.4 is 0 Å². The molecule has 0 aromatic carbocycles. The van der Waals surface area contributed by atoms with Crippen LogP contribution in [0, 0.1) is 5.92 Å².